The Bertz CT molecular complexity index is 105. The molecule has 1 heterocycles. The number of aliphatic hydroxyl groups excluding tert-OH is 1. The number of aliphatic hydroxyl groups is 1. The number of hydrogen-bond donors (Lipinski definition) is 2. The standard InChI is InChI=1S/C8H17NO/c1-6-3-4-7(2)9-8(6)5-10/h6-10H,3-5H2,1-2H3. The van der Waals surface area contributed by atoms with Gasteiger partial charge in [-0.1, -0.05) is 6.92 Å². The molecular formula is C8H17NO. The van der Waals surface area contributed by atoms with Crippen molar-refractivity contribution in [1.82, 2.24) is 5.32 Å². The smallest absolute Gasteiger partial charge is 0.0587 e. The molecule has 2 nitrogen and oxygen atoms in total. The van der Waals surface area contributed by atoms with Gasteiger partial charge in [-0.25, -0.2) is 0 Å². The third-order valence-electron chi connectivity index (χ3n) is 2.44. The second-order valence-electron chi connectivity index (χ2n) is 3.41. The maximum absolute atomic E-state index is 8.92. The molecule has 10 heavy (non-hydrogen) atoms. The predicted molar refractivity (Wildman–Crippen MR) is 41.9 cm³/mol. The second-order valence-corrected chi connectivity index (χ2v) is 3.41. The summed E-state index contributed by atoms with van der Waals surface area (Å²) in [5.74, 6) is 0.640. The maximum Gasteiger partial charge on any atom is 0.0587 e. The van der Waals surface area contributed by atoms with Crippen LogP contribution in [0.5, 0.6) is 0 Å². The van der Waals surface area contributed by atoms with Gasteiger partial charge in [0, 0.05) is 12.1 Å². The van der Waals surface area contributed by atoms with Crippen LogP contribution in [0, 0.1) is 5.92 Å². The van der Waals surface area contributed by atoms with E-state index in [0.717, 1.165) is 0 Å². The lowest BCUT2D eigenvalue weighted by molar-refractivity contribution is 0.160. The molecule has 0 aliphatic carbocycles. The van der Waals surface area contributed by atoms with Gasteiger partial charge < -0.3 is 10.4 Å². The maximum atomic E-state index is 8.92. The van der Waals surface area contributed by atoms with E-state index in [9.17, 15) is 0 Å². The zero-order valence-corrected chi connectivity index (χ0v) is 6.80. The molecule has 1 fully saturated rings. The van der Waals surface area contributed by atoms with Gasteiger partial charge >= 0.3 is 0 Å². The fourth-order valence-corrected chi connectivity index (χ4v) is 1.56. The summed E-state index contributed by atoms with van der Waals surface area (Å²) in [6, 6.07) is 0.928. The Balaban J connectivity index is 2.38. The van der Waals surface area contributed by atoms with E-state index in [1.54, 1.807) is 0 Å². The second kappa shape index (κ2) is 3.35. The van der Waals surface area contributed by atoms with Gasteiger partial charge in [-0.3, -0.25) is 0 Å². The van der Waals surface area contributed by atoms with Crippen LogP contribution in [0.2, 0.25) is 0 Å². The third kappa shape index (κ3) is 1.70. The highest BCUT2D eigenvalue weighted by Crippen LogP contribution is 2.18. The van der Waals surface area contributed by atoms with Crippen LogP contribution in [0.25, 0.3) is 0 Å². The van der Waals surface area contributed by atoms with Crippen molar-refractivity contribution in [2.75, 3.05) is 6.61 Å². The predicted octanol–water partition coefficient (Wildman–Crippen LogP) is 0.755. The molecular weight excluding hydrogens is 126 g/mol. The number of piperidine rings is 1. The van der Waals surface area contributed by atoms with Crippen LogP contribution in [0.4, 0.5) is 0 Å². The molecule has 1 aliphatic heterocycles. The normalized spacial score (nSPS) is 41.7. The molecule has 0 aromatic carbocycles. The van der Waals surface area contributed by atoms with Crippen LogP contribution in [0.15, 0.2) is 0 Å². The lowest BCUT2D eigenvalue weighted by Gasteiger charge is -2.32. The minimum absolute atomic E-state index is 0.283. The van der Waals surface area contributed by atoms with E-state index in [1.807, 2.05) is 0 Å². The van der Waals surface area contributed by atoms with Crippen molar-refractivity contribution in [2.24, 2.45) is 5.92 Å². The van der Waals surface area contributed by atoms with Gasteiger partial charge in [-0.2, -0.15) is 0 Å². The van der Waals surface area contributed by atoms with Crippen LogP contribution in [-0.4, -0.2) is 23.8 Å². The molecule has 3 unspecified atom stereocenters. The molecule has 0 bridgehead atoms. The molecule has 3 atom stereocenters. The van der Waals surface area contributed by atoms with Crippen LogP contribution in [-0.2, 0) is 0 Å². The Morgan fingerprint density at radius 2 is 2.10 bits per heavy atom. The minimum atomic E-state index is 0.283. The Morgan fingerprint density at radius 1 is 1.40 bits per heavy atom. The van der Waals surface area contributed by atoms with Crippen LogP contribution >= 0.6 is 0 Å². The average Bonchev–Trinajstić information content (AvgIpc) is 1.94. The lowest BCUT2D eigenvalue weighted by atomic mass is 9.90. The van der Waals surface area contributed by atoms with Crippen molar-refractivity contribution >= 4 is 0 Å². The molecule has 0 saturated carbocycles. The van der Waals surface area contributed by atoms with Gasteiger partial charge in [0.1, 0.15) is 0 Å². The SMILES string of the molecule is CC1CCC(C)C(CO)N1. The average molecular weight is 143 g/mol. The molecule has 0 radical (unpaired) electrons. The summed E-state index contributed by atoms with van der Waals surface area (Å²) in [5, 5.41) is 12.3. The molecule has 0 spiro atoms. The van der Waals surface area contributed by atoms with E-state index in [4.69, 9.17) is 5.11 Å². The van der Waals surface area contributed by atoms with Crippen molar-refractivity contribution in [2.45, 2.75) is 38.8 Å². The molecule has 1 rings (SSSR count). The van der Waals surface area contributed by atoms with Gasteiger partial charge in [0.25, 0.3) is 0 Å². The van der Waals surface area contributed by atoms with Crippen LogP contribution < -0.4 is 5.32 Å². The molecule has 60 valence electrons. The van der Waals surface area contributed by atoms with Gasteiger partial charge in [-0.15, -0.1) is 0 Å². The van der Waals surface area contributed by atoms with E-state index in [0.29, 0.717) is 18.0 Å². The molecule has 0 amide bonds. The zero-order valence-electron chi connectivity index (χ0n) is 6.80. The van der Waals surface area contributed by atoms with Crippen molar-refractivity contribution in [3.05, 3.63) is 0 Å². The van der Waals surface area contributed by atoms with Crippen molar-refractivity contribution in [3.63, 3.8) is 0 Å². The third-order valence-corrected chi connectivity index (χ3v) is 2.44. The molecule has 2 N–H and O–H groups in total. The highest BCUT2D eigenvalue weighted by atomic mass is 16.3. The van der Waals surface area contributed by atoms with E-state index >= 15 is 0 Å². The van der Waals surface area contributed by atoms with Crippen LogP contribution in [0.1, 0.15) is 26.7 Å². The molecule has 1 saturated heterocycles. The monoisotopic (exact) mass is 143 g/mol. The van der Waals surface area contributed by atoms with Gasteiger partial charge in [0.05, 0.1) is 6.61 Å². The topological polar surface area (TPSA) is 32.3 Å². The summed E-state index contributed by atoms with van der Waals surface area (Å²) in [6.07, 6.45) is 2.50. The van der Waals surface area contributed by atoms with E-state index in [1.165, 1.54) is 12.8 Å². The van der Waals surface area contributed by atoms with Crippen LogP contribution in [0.3, 0.4) is 0 Å². The summed E-state index contributed by atoms with van der Waals surface area (Å²) in [4.78, 5) is 0. The van der Waals surface area contributed by atoms with Crippen molar-refractivity contribution < 1.29 is 5.11 Å². The van der Waals surface area contributed by atoms with Gasteiger partial charge in [0.2, 0.25) is 0 Å². The first-order chi connectivity index (χ1) is 4.74. The molecule has 0 aromatic heterocycles. The fourth-order valence-electron chi connectivity index (χ4n) is 1.56. The van der Waals surface area contributed by atoms with Crippen molar-refractivity contribution in [3.8, 4) is 0 Å². The first-order valence-electron chi connectivity index (χ1n) is 4.11. The minimum Gasteiger partial charge on any atom is -0.395 e. The largest absolute Gasteiger partial charge is 0.395 e. The Morgan fingerprint density at radius 3 is 2.60 bits per heavy atom. The van der Waals surface area contributed by atoms with E-state index < -0.39 is 0 Å². The quantitative estimate of drug-likeness (QED) is 0.568. The highest BCUT2D eigenvalue weighted by Gasteiger charge is 2.23. The fraction of sp³-hybridized carbons (Fsp3) is 1.00. The summed E-state index contributed by atoms with van der Waals surface area (Å²) in [6.45, 7) is 4.65. The molecule has 1 aliphatic rings. The Kier molecular flexibility index (Phi) is 2.69. The van der Waals surface area contributed by atoms with E-state index in [2.05, 4.69) is 19.2 Å². The Hall–Kier alpha value is -0.0800. The summed E-state index contributed by atoms with van der Waals surface area (Å²) in [5.41, 5.74) is 0. The molecule has 2 heteroatoms. The molecule has 0 aromatic rings. The van der Waals surface area contributed by atoms with Crippen molar-refractivity contribution in [1.29, 1.82) is 0 Å². The first kappa shape index (κ1) is 8.02. The number of nitrogens with one attached hydrogen (secondary N) is 1. The number of hydrogen-bond acceptors (Lipinski definition) is 2. The Labute approximate surface area is 62.6 Å². The van der Waals surface area contributed by atoms with E-state index in [-0.39, 0.29) is 6.61 Å². The highest BCUT2D eigenvalue weighted by molar-refractivity contribution is 4.81. The lowest BCUT2D eigenvalue weighted by Crippen LogP contribution is -2.47. The summed E-state index contributed by atoms with van der Waals surface area (Å²) in [7, 11) is 0. The summed E-state index contributed by atoms with van der Waals surface area (Å²) < 4.78 is 0. The summed E-state index contributed by atoms with van der Waals surface area (Å²) >= 11 is 0. The first-order valence-corrected chi connectivity index (χ1v) is 4.11. The zero-order chi connectivity index (χ0) is 7.56. The number of rotatable bonds is 1. The van der Waals surface area contributed by atoms with Gasteiger partial charge in [-0.05, 0) is 25.7 Å². The van der Waals surface area contributed by atoms with Gasteiger partial charge in [0.15, 0.2) is 0 Å².